The average Bonchev–Trinajstić information content (AvgIpc) is 2.41. The van der Waals surface area contributed by atoms with Gasteiger partial charge in [-0.2, -0.15) is 0 Å². The number of aromatic nitrogens is 2. The molecule has 0 aliphatic rings. The summed E-state index contributed by atoms with van der Waals surface area (Å²) in [6.07, 6.45) is 1.83. The third-order valence-electron chi connectivity index (χ3n) is 2.73. The van der Waals surface area contributed by atoms with Crippen LogP contribution < -0.4 is 5.32 Å². The normalized spacial score (nSPS) is 10.5. The standard InChI is InChI=1S/C14H15BrFN3/c1-3-5-11-12(15)14(17-2)19-13(18-11)9-6-4-7-10(16)8-9/h4,6-8H,3,5H2,1-2H3,(H,17,18,19). The molecule has 0 amide bonds. The fraction of sp³-hybridized carbons (Fsp3) is 0.286. The fourth-order valence-electron chi connectivity index (χ4n) is 1.82. The van der Waals surface area contributed by atoms with Crippen LogP contribution in [0.1, 0.15) is 19.0 Å². The minimum Gasteiger partial charge on any atom is -0.372 e. The Bertz CT molecular complexity index is 587. The van der Waals surface area contributed by atoms with Gasteiger partial charge in [0, 0.05) is 12.6 Å². The highest BCUT2D eigenvalue weighted by Crippen LogP contribution is 2.27. The Morgan fingerprint density at radius 3 is 2.74 bits per heavy atom. The quantitative estimate of drug-likeness (QED) is 0.922. The Hall–Kier alpha value is -1.49. The molecular formula is C14H15BrFN3. The van der Waals surface area contributed by atoms with E-state index in [9.17, 15) is 4.39 Å². The zero-order valence-electron chi connectivity index (χ0n) is 10.9. The van der Waals surface area contributed by atoms with Gasteiger partial charge in [0.25, 0.3) is 0 Å². The maximum atomic E-state index is 13.3. The van der Waals surface area contributed by atoms with Crippen molar-refractivity contribution in [3.05, 3.63) is 40.2 Å². The summed E-state index contributed by atoms with van der Waals surface area (Å²) in [6.45, 7) is 2.09. The molecule has 0 saturated carbocycles. The van der Waals surface area contributed by atoms with Gasteiger partial charge in [-0.3, -0.25) is 0 Å². The number of anilines is 1. The minimum atomic E-state index is -0.285. The van der Waals surface area contributed by atoms with Gasteiger partial charge in [-0.15, -0.1) is 0 Å². The number of rotatable bonds is 4. The van der Waals surface area contributed by atoms with E-state index in [2.05, 4.69) is 38.1 Å². The molecule has 3 nitrogen and oxygen atoms in total. The van der Waals surface area contributed by atoms with Crippen molar-refractivity contribution in [3.63, 3.8) is 0 Å². The first kappa shape index (κ1) is 13.9. The van der Waals surface area contributed by atoms with Gasteiger partial charge in [-0.25, -0.2) is 14.4 Å². The van der Waals surface area contributed by atoms with E-state index < -0.39 is 0 Å². The van der Waals surface area contributed by atoms with Crippen LogP contribution in [0.5, 0.6) is 0 Å². The van der Waals surface area contributed by atoms with E-state index in [0.29, 0.717) is 11.4 Å². The lowest BCUT2D eigenvalue weighted by molar-refractivity contribution is 0.628. The molecule has 0 radical (unpaired) electrons. The van der Waals surface area contributed by atoms with Crippen LogP contribution in [0.3, 0.4) is 0 Å². The molecule has 0 bridgehead atoms. The van der Waals surface area contributed by atoms with E-state index in [1.165, 1.54) is 12.1 Å². The van der Waals surface area contributed by atoms with Crippen molar-refractivity contribution in [2.75, 3.05) is 12.4 Å². The Balaban J connectivity index is 2.54. The lowest BCUT2D eigenvalue weighted by atomic mass is 10.2. The summed E-state index contributed by atoms with van der Waals surface area (Å²) < 4.78 is 14.2. The molecule has 1 aromatic heterocycles. The molecule has 0 atom stereocenters. The molecule has 1 N–H and O–H groups in total. The van der Waals surface area contributed by atoms with Crippen molar-refractivity contribution < 1.29 is 4.39 Å². The van der Waals surface area contributed by atoms with Gasteiger partial charge in [-0.1, -0.05) is 25.5 Å². The van der Waals surface area contributed by atoms with Crippen molar-refractivity contribution in [1.29, 1.82) is 0 Å². The van der Waals surface area contributed by atoms with E-state index in [0.717, 1.165) is 28.8 Å². The van der Waals surface area contributed by atoms with Gasteiger partial charge >= 0.3 is 0 Å². The zero-order chi connectivity index (χ0) is 13.8. The molecule has 19 heavy (non-hydrogen) atoms. The molecule has 0 aliphatic heterocycles. The largest absolute Gasteiger partial charge is 0.372 e. The van der Waals surface area contributed by atoms with E-state index in [1.54, 1.807) is 13.1 Å². The molecule has 5 heteroatoms. The van der Waals surface area contributed by atoms with Crippen LogP contribution in [0.25, 0.3) is 11.4 Å². The molecule has 0 unspecified atom stereocenters. The zero-order valence-corrected chi connectivity index (χ0v) is 12.5. The highest BCUT2D eigenvalue weighted by Gasteiger charge is 2.12. The van der Waals surface area contributed by atoms with Gasteiger partial charge in [-0.05, 0) is 34.5 Å². The first-order valence-corrected chi connectivity index (χ1v) is 6.95. The summed E-state index contributed by atoms with van der Waals surface area (Å²) in [5.74, 6) is 0.972. The molecule has 2 rings (SSSR count). The SMILES string of the molecule is CCCc1nc(-c2cccc(F)c2)nc(NC)c1Br. The predicted octanol–water partition coefficient (Wildman–Crippen LogP) is 4.04. The summed E-state index contributed by atoms with van der Waals surface area (Å²) in [4.78, 5) is 8.93. The summed E-state index contributed by atoms with van der Waals surface area (Å²) in [5.41, 5.74) is 1.61. The van der Waals surface area contributed by atoms with E-state index in [1.807, 2.05) is 6.07 Å². The Morgan fingerprint density at radius 2 is 2.11 bits per heavy atom. The second-order valence-electron chi connectivity index (χ2n) is 4.17. The first-order chi connectivity index (χ1) is 9.15. The van der Waals surface area contributed by atoms with Crippen molar-refractivity contribution in [2.45, 2.75) is 19.8 Å². The molecule has 0 fully saturated rings. The third kappa shape index (κ3) is 3.10. The van der Waals surface area contributed by atoms with Crippen molar-refractivity contribution in [1.82, 2.24) is 9.97 Å². The Morgan fingerprint density at radius 1 is 1.32 bits per heavy atom. The monoisotopic (exact) mass is 323 g/mol. The van der Waals surface area contributed by atoms with Crippen LogP contribution in [0.2, 0.25) is 0 Å². The minimum absolute atomic E-state index is 0.285. The molecular weight excluding hydrogens is 309 g/mol. The number of halogens is 2. The van der Waals surface area contributed by atoms with Crippen LogP contribution in [-0.2, 0) is 6.42 Å². The lowest BCUT2D eigenvalue weighted by Gasteiger charge is -2.10. The molecule has 0 aliphatic carbocycles. The van der Waals surface area contributed by atoms with Crippen LogP contribution in [0.4, 0.5) is 10.2 Å². The number of aryl methyl sites for hydroxylation is 1. The highest BCUT2D eigenvalue weighted by atomic mass is 79.9. The molecule has 0 saturated heterocycles. The van der Waals surface area contributed by atoms with Crippen molar-refractivity contribution >= 4 is 21.7 Å². The van der Waals surface area contributed by atoms with Crippen molar-refractivity contribution in [2.24, 2.45) is 0 Å². The molecule has 1 heterocycles. The maximum Gasteiger partial charge on any atom is 0.161 e. The third-order valence-corrected chi connectivity index (χ3v) is 3.56. The average molecular weight is 324 g/mol. The number of hydrogen-bond acceptors (Lipinski definition) is 3. The van der Waals surface area contributed by atoms with Gasteiger partial charge in [0.15, 0.2) is 5.82 Å². The topological polar surface area (TPSA) is 37.8 Å². The molecule has 2 aromatic rings. The van der Waals surface area contributed by atoms with E-state index in [4.69, 9.17) is 0 Å². The smallest absolute Gasteiger partial charge is 0.161 e. The molecule has 100 valence electrons. The number of nitrogens with one attached hydrogen (secondary N) is 1. The highest BCUT2D eigenvalue weighted by molar-refractivity contribution is 9.10. The van der Waals surface area contributed by atoms with Gasteiger partial charge in [0.1, 0.15) is 11.6 Å². The number of hydrogen-bond donors (Lipinski definition) is 1. The predicted molar refractivity (Wildman–Crippen MR) is 78.7 cm³/mol. The van der Waals surface area contributed by atoms with Gasteiger partial charge < -0.3 is 5.32 Å². The Labute approximate surface area is 120 Å². The molecule has 0 spiro atoms. The summed E-state index contributed by atoms with van der Waals surface area (Å²) in [7, 11) is 1.80. The fourth-order valence-corrected chi connectivity index (χ4v) is 2.39. The summed E-state index contributed by atoms with van der Waals surface area (Å²) >= 11 is 3.50. The van der Waals surface area contributed by atoms with Crippen LogP contribution in [0.15, 0.2) is 28.7 Å². The van der Waals surface area contributed by atoms with Gasteiger partial charge in [0.2, 0.25) is 0 Å². The lowest BCUT2D eigenvalue weighted by Crippen LogP contribution is -2.03. The summed E-state index contributed by atoms with van der Waals surface area (Å²) in [5, 5.41) is 3.03. The summed E-state index contributed by atoms with van der Waals surface area (Å²) in [6, 6.07) is 6.32. The first-order valence-electron chi connectivity index (χ1n) is 6.15. The molecule has 1 aromatic carbocycles. The van der Waals surface area contributed by atoms with Crippen LogP contribution in [0, 0.1) is 5.82 Å². The van der Waals surface area contributed by atoms with Gasteiger partial charge in [0.05, 0.1) is 10.2 Å². The second kappa shape index (κ2) is 6.10. The number of benzene rings is 1. The van der Waals surface area contributed by atoms with E-state index >= 15 is 0 Å². The van der Waals surface area contributed by atoms with Crippen LogP contribution in [-0.4, -0.2) is 17.0 Å². The Kier molecular flexibility index (Phi) is 4.47. The van der Waals surface area contributed by atoms with Crippen LogP contribution >= 0.6 is 15.9 Å². The maximum absolute atomic E-state index is 13.3. The van der Waals surface area contributed by atoms with Crippen molar-refractivity contribution in [3.8, 4) is 11.4 Å². The number of nitrogens with zero attached hydrogens (tertiary/aromatic N) is 2. The van der Waals surface area contributed by atoms with E-state index in [-0.39, 0.29) is 5.82 Å². The second-order valence-corrected chi connectivity index (χ2v) is 4.96.